The fourth-order valence-corrected chi connectivity index (χ4v) is 2.90. The molecule has 0 heterocycles. The summed E-state index contributed by atoms with van der Waals surface area (Å²) in [4.78, 5) is 0.0408. The number of halogens is 2. The summed E-state index contributed by atoms with van der Waals surface area (Å²) < 4.78 is 36.5. The van der Waals surface area contributed by atoms with Crippen LogP contribution in [-0.4, -0.2) is 8.42 Å². The molecular weight excluding hydrogens is 315 g/mol. The lowest BCUT2D eigenvalue weighted by Gasteiger charge is -2.10. The summed E-state index contributed by atoms with van der Waals surface area (Å²) in [5.74, 6) is -0.384. The van der Waals surface area contributed by atoms with E-state index in [4.69, 9.17) is 16.7 Å². The van der Waals surface area contributed by atoms with Gasteiger partial charge in [0.15, 0.2) is 0 Å². The van der Waals surface area contributed by atoms with E-state index in [1.54, 1.807) is 19.1 Å². The summed E-state index contributed by atoms with van der Waals surface area (Å²) in [6.07, 6.45) is 0. The number of sulfonamides is 1. The van der Waals surface area contributed by atoms with Gasteiger partial charge < -0.3 is 5.32 Å². The Bertz CT molecular complexity index is 779. The van der Waals surface area contributed by atoms with Crippen LogP contribution in [0.5, 0.6) is 0 Å². The molecule has 0 saturated carbocycles. The van der Waals surface area contributed by atoms with Crippen molar-refractivity contribution < 1.29 is 12.8 Å². The molecule has 0 amide bonds. The van der Waals surface area contributed by atoms with E-state index in [9.17, 15) is 12.8 Å². The van der Waals surface area contributed by atoms with Gasteiger partial charge in [-0.05, 0) is 42.8 Å². The summed E-state index contributed by atoms with van der Waals surface area (Å²) in [5, 5.41) is 8.53. The first-order valence-corrected chi connectivity index (χ1v) is 8.01. The van der Waals surface area contributed by atoms with Crippen LogP contribution < -0.4 is 10.5 Å². The van der Waals surface area contributed by atoms with Crippen molar-refractivity contribution in [1.82, 2.24) is 0 Å². The zero-order valence-corrected chi connectivity index (χ0v) is 12.8. The van der Waals surface area contributed by atoms with Crippen molar-refractivity contribution in [3.8, 4) is 0 Å². The molecule has 0 fully saturated rings. The molecule has 21 heavy (non-hydrogen) atoms. The number of benzene rings is 2. The van der Waals surface area contributed by atoms with Crippen LogP contribution >= 0.6 is 11.6 Å². The van der Waals surface area contributed by atoms with Gasteiger partial charge in [0.05, 0.1) is 4.90 Å². The van der Waals surface area contributed by atoms with Crippen LogP contribution in [0.3, 0.4) is 0 Å². The number of hydrogen-bond donors (Lipinski definition) is 2. The lowest BCUT2D eigenvalue weighted by Crippen LogP contribution is -2.14. The van der Waals surface area contributed by atoms with Gasteiger partial charge in [0.1, 0.15) is 5.82 Å². The lowest BCUT2D eigenvalue weighted by molar-refractivity contribution is 0.597. The third-order valence-corrected chi connectivity index (χ3v) is 4.27. The number of nitrogens with one attached hydrogen (secondary N) is 1. The van der Waals surface area contributed by atoms with Crippen LogP contribution in [0.2, 0.25) is 5.02 Å². The van der Waals surface area contributed by atoms with Crippen LogP contribution in [0, 0.1) is 12.7 Å². The zero-order valence-electron chi connectivity index (χ0n) is 11.2. The highest BCUT2D eigenvalue weighted by molar-refractivity contribution is 7.89. The molecule has 4 nitrogen and oxygen atoms in total. The van der Waals surface area contributed by atoms with E-state index < -0.39 is 10.0 Å². The van der Waals surface area contributed by atoms with E-state index in [0.29, 0.717) is 21.8 Å². The van der Waals surface area contributed by atoms with Crippen molar-refractivity contribution in [1.29, 1.82) is 0 Å². The largest absolute Gasteiger partial charge is 0.381 e. The smallest absolute Gasteiger partial charge is 0.238 e. The van der Waals surface area contributed by atoms with Crippen molar-refractivity contribution >= 4 is 27.3 Å². The molecule has 2 aromatic carbocycles. The molecule has 0 aliphatic rings. The Morgan fingerprint density at radius 3 is 2.62 bits per heavy atom. The quantitative estimate of drug-likeness (QED) is 0.906. The first kappa shape index (κ1) is 15.8. The summed E-state index contributed by atoms with van der Waals surface area (Å²) in [5.41, 5.74) is 1.47. The minimum atomic E-state index is -3.79. The molecule has 0 aromatic heterocycles. The van der Waals surface area contributed by atoms with Crippen molar-refractivity contribution in [2.45, 2.75) is 18.4 Å². The highest BCUT2D eigenvalue weighted by Crippen LogP contribution is 2.21. The summed E-state index contributed by atoms with van der Waals surface area (Å²) in [6, 6.07) is 9.02. The number of nitrogens with two attached hydrogens (primary N) is 1. The predicted octanol–water partition coefficient (Wildman–Crippen LogP) is 3.05. The number of hydrogen-bond acceptors (Lipinski definition) is 3. The van der Waals surface area contributed by atoms with Crippen LogP contribution in [0.15, 0.2) is 41.3 Å². The van der Waals surface area contributed by atoms with Gasteiger partial charge in [0.25, 0.3) is 0 Å². The van der Waals surface area contributed by atoms with Gasteiger partial charge >= 0.3 is 0 Å². The van der Waals surface area contributed by atoms with Gasteiger partial charge in [0.2, 0.25) is 10.0 Å². The van der Waals surface area contributed by atoms with Crippen molar-refractivity contribution in [3.63, 3.8) is 0 Å². The maximum absolute atomic E-state index is 13.6. The molecule has 112 valence electrons. The monoisotopic (exact) mass is 328 g/mol. The van der Waals surface area contributed by atoms with Crippen molar-refractivity contribution in [2.24, 2.45) is 5.14 Å². The molecule has 2 rings (SSSR count). The first-order valence-electron chi connectivity index (χ1n) is 6.08. The van der Waals surface area contributed by atoms with Gasteiger partial charge in [-0.1, -0.05) is 17.7 Å². The minimum Gasteiger partial charge on any atom is -0.381 e. The second-order valence-electron chi connectivity index (χ2n) is 4.61. The molecule has 0 aliphatic heterocycles. The van der Waals surface area contributed by atoms with Gasteiger partial charge in [-0.25, -0.2) is 17.9 Å². The number of primary sulfonamides is 1. The SMILES string of the molecule is Cc1ccc(NCc2cc(Cl)ccc2F)cc1S(N)(=O)=O. The third kappa shape index (κ3) is 3.93. The average Bonchev–Trinajstić information content (AvgIpc) is 2.40. The molecule has 0 spiro atoms. The molecule has 3 N–H and O–H groups in total. The number of anilines is 1. The molecule has 0 saturated heterocycles. The number of aryl methyl sites for hydroxylation is 1. The fraction of sp³-hybridized carbons (Fsp3) is 0.143. The van der Waals surface area contributed by atoms with Gasteiger partial charge in [0, 0.05) is 22.8 Å². The number of rotatable bonds is 4. The zero-order chi connectivity index (χ0) is 15.6. The normalized spacial score (nSPS) is 11.4. The van der Waals surface area contributed by atoms with Crippen LogP contribution in [0.25, 0.3) is 0 Å². The Morgan fingerprint density at radius 2 is 1.95 bits per heavy atom. The summed E-state index contributed by atoms with van der Waals surface area (Å²) >= 11 is 5.81. The molecule has 0 atom stereocenters. The highest BCUT2D eigenvalue weighted by atomic mass is 35.5. The Hall–Kier alpha value is -1.63. The molecule has 0 bridgehead atoms. The average molecular weight is 329 g/mol. The molecule has 2 aromatic rings. The van der Waals surface area contributed by atoms with E-state index in [-0.39, 0.29) is 17.3 Å². The predicted molar refractivity (Wildman–Crippen MR) is 81.3 cm³/mol. The Kier molecular flexibility index (Phi) is 4.51. The minimum absolute atomic E-state index is 0.0408. The Labute approximate surface area is 127 Å². The highest BCUT2D eigenvalue weighted by Gasteiger charge is 2.12. The second kappa shape index (κ2) is 6.01. The van der Waals surface area contributed by atoms with Crippen molar-refractivity contribution in [2.75, 3.05) is 5.32 Å². The van der Waals surface area contributed by atoms with Gasteiger partial charge in [-0.15, -0.1) is 0 Å². The molecule has 0 unspecified atom stereocenters. The first-order chi connectivity index (χ1) is 9.77. The lowest BCUT2D eigenvalue weighted by atomic mass is 10.2. The molecular formula is C14H14ClFN2O2S. The van der Waals surface area contributed by atoms with Crippen molar-refractivity contribution in [3.05, 3.63) is 58.4 Å². The topological polar surface area (TPSA) is 72.2 Å². The maximum Gasteiger partial charge on any atom is 0.238 e. The van der Waals surface area contributed by atoms with E-state index in [2.05, 4.69) is 5.32 Å². The molecule has 0 aliphatic carbocycles. The van der Waals surface area contributed by atoms with E-state index >= 15 is 0 Å². The Balaban J connectivity index is 2.23. The molecule has 0 radical (unpaired) electrons. The Morgan fingerprint density at radius 1 is 1.24 bits per heavy atom. The molecule has 7 heteroatoms. The standard InChI is InChI=1S/C14H14ClFN2O2S/c1-9-2-4-12(7-14(9)21(17,19)20)18-8-10-6-11(15)3-5-13(10)16/h2-7,18H,8H2,1H3,(H2,17,19,20). The third-order valence-electron chi connectivity index (χ3n) is 2.99. The van der Waals surface area contributed by atoms with Crippen LogP contribution in [-0.2, 0) is 16.6 Å². The summed E-state index contributed by atoms with van der Waals surface area (Å²) in [7, 11) is -3.79. The van der Waals surface area contributed by atoms with E-state index in [0.717, 1.165) is 0 Å². The van der Waals surface area contributed by atoms with Crippen LogP contribution in [0.1, 0.15) is 11.1 Å². The van der Waals surface area contributed by atoms with E-state index in [1.165, 1.54) is 24.3 Å². The summed E-state index contributed by atoms with van der Waals surface area (Å²) in [6.45, 7) is 1.83. The second-order valence-corrected chi connectivity index (χ2v) is 6.58. The fourth-order valence-electron chi connectivity index (χ4n) is 1.89. The van der Waals surface area contributed by atoms with Gasteiger partial charge in [-0.2, -0.15) is 0 Å². The maximum atomic E-state index is 13.6. The van der Waals surface area contributed by atoms with Gasteiger partial charge in [-0.3, -0.25) is 0 Å². The van der Waals surface area contributed by atoms with Crippen LogP contribution in [0.4, 0.5) is 10.1 Å². The van der Waals surface area contributed by atoms with E-state index in [1.807, 2.05) is 0 Å².